The summed E-state index contributed by atoms with van der Waals surface area (Å²) < 4.78 is 15.5. The maximum atomic E-state index is 12.2. The maximum absolute atomic E-state index is 12.2. The third kappa shape index (κ3) is 6.41. The van der Waals surface area contributed by atoms with Crippen LogP contribution in [0, 0.1) is 0 Å². The monoisotopic (exact) mass is 447 g/mol. The lowest BCUT2D eigenvalue weighted by Gasteiger charge is -2.08. The first kappa shape index (κ1) is 23.0. The minimum Gasteiger partial charge on any atom is -0.497 e. The van der Waals surface area contributed by atoms with E-state index < -0.39 is 17.8 Å². The second-order valence-corrected chi connectivity index (χ2v) is 6.54. The Morgan fingerprint density at radius 2 is 1.45 bits per heavy atom. The minimum absolute atomic E-state index is 0.341. The molecule has 0 fully saturated rings. The standard InChI is InChI=1S/C24H21N3O6/c1-31-18-13-9-17(10-14-18)24(30)33-19-11-7-16(8-12-19)15-25-27-23(29)22(28)26-20-5-3-4-6-21(20)32-2/h3-15H,1-2H3,(H,26,28)(H,27,29)/b25-15+. The van der Waals surface area contributed by atoms with E-state index in [1.165, 1.54) is 13.3 Å². The van der Waals surface area contributed by atoms with E-state index in [4.69, 9.17) is 14.2 Å². The number of ether oxygens (including phenoxy) is 3. The second-order valence-electron chi connectivity index (χ2n) is 6.54. The van der Waals surface area contributed by atoms with Crippen molar-refractivity contribution in [3.63, 3.8) is 0 Å². The SMILES string of the molecule is COc1ccc(C(=O)Oc2ccc(/C=N/NC(=O)C(=O)Nc3ccccc3OC)cc2)cc1. The van der Waals surface area contributed by atoms with Crippen molar-refractivity contribution in [1.29, 1.82) is 0 Å². The molecule has 9 nitrogen and oxygen atoms in total. The second kappa shape index (κ2) is 11.1. The predicted octanol–water partition coefficient (Wildman–Crippen LogP) is 3.01. The number of hydrazone groups is 1. The number of hydrogen-bond acceptors (Lipinski definition) is 7. The van der Waals surface area contributed by atoms with E-state index in [0.29, 0.717) is 34.1 Å². The molecule has 2 N–H and O–H groups in total. The number of anilines is 1. The van der Waals surface area contributed by atoms with Crippen molar-refractivity contribution in [2.45, 2.75) is 0 Å². The number of rotatable bonds is 7. The normalized spacial score (nSPS) is 10.4. The quantitative estimate of drug-likeness (QED) is 0.189. The van der Waals surface area contributed by atoms with Gasteiger partial charge < -0.3 is 19.5 Å². The van der Waals surface area contributed by atoms with Crippen LogP contribution in [0.25, 0.3) is 0 Å². The molecule has 168 valence electrons. The first-order chi connectivity index (χ1) is 16.0. The van der Waals surface area contributed by atoms with Gasteiger partial charge in [0.2, 0.25) is 0 Å². The fourth-order valence-electron chi connectivity index (χ4n) is 2.66. The Morgan fingerprint density at radius 1 is 0.788 bits per heavy atom. The molecule has 3 aromatic rings. The summed E-state index contributed by atoms with van der Waals surface area (Å²) in [5.41, 5.74) is 3.51. The molecule has 0 heterocycles. The van der Waals surface area contributed by atoms with E-state index in [9.17, 15) is 14.4 Å². The van der Waals surface area contributed by atoms with Crippen molar-refractivity contribution in [2.75, 3.05) is 19.5 Å². The average Bonchev–Trinajstić information content (AvgIpc) is 2.85. The number of nitrogens with one attached hydrogen (secondary N) is 2. The van der Waals surface area contributed by atoms with E-state index in [2.05, 4.69) is 15.8 Å². The minimum atomic E-state index is -0.942. The van der Waals surface area contributed by atoms with Crippen LogP contribution >= 0.6 is 0 Å². The first-order valence-corrected chi connectivity index (χ1v) is 9.74. The molecule has 0 bridgehead atoms. The zero-order valence-corrected chi connectivity index (χ0v) is 17.9. The van der Waals surface area contributed by atoms with Crippen LogP contribution in [0.5, 0.6) is 17.2 Å². The predicted molar refractivity (Wildman–Crippen MR) is 122 cm³/mol. The van der Waals surface area contributed by atoms with Crippen LogP contribution in [0.1, 0.15) is 15.9 Å². The fourth-order valence-corrected chi connectivity index (χ4v) is 2.66. The lowest BCUT2D eigenvalue weighted by atomic mass is 10.2. The van der Waals surface area contributed by atoms with Crippen LogP contribution in [0.15, 0.2) is 77.9 Å². The Balaban J connectivity index is 1.51. The number of carbonyl (C=O) groups is 3. The number of benzene rings is 3. The molecule has 0 saturated carbocycles. The lowest BCUT2D eigenvalue weighted by molar-refractivity contribution is -0.136. The molecule has 0 spiro atoms. The largest absolute Gasteiger partial charge is 0.497 e. The molecule has 0 atom stereocenters. The first-order valence-electron chi connectivity index (χ1n) is 9.74. The molecular weight excluding hydrogens is 426 g/mol. The summed E-state index contributed by atoms with van der Waals surface area (Å²) >= 11 is 0. The van der Waals surface area contributed by atoms with Crippen molar-refractivity contribution in [3.05, 3.63) is 83.9 Å². The van der Waals surface area contributed by atoms with Gasteiger partial charge in [-0.25, -0.2) is 10.2 Å². The molecule has 0 saturated heterocycles. The number of para-hydroxylation sites is 2. The molecule has 3 aromatic carbocycles. The molecule has 2 amide bonds. The van der Waals surface area contributed by atoms with Gasteiger partial charge in [-0.2, -0.15) is 5.10 Å². The zero-order chi connectivity index (χ0) is 23.6. The van der Waals surface area contributed by atoms with E-state index in [1.54, 1.807) is 79.9 Å². The van der Waals surface area contributed by atoms with Crippen LogP contribution in [-0.2, 0) is 9.59 Å². The molecule has 0 aliphatic heterocycles. The van der Waals surface area contributed by atoms with Crippen molar-refractivity contribution >= 4 is 29.7 Å². The van der Waals surface area contributed by atoms with Gasteiger partial charge in [0.05, 0.1) is 31.7 Å². The highest BCUT2D eigenvalue weighted by Crippen LogP contribution is 2.22. The van der Waals surface area contributed by atoms with Gasteiger partial charge in [-0.1, -0.05) is 12.1 Å². The summed E-state index contributed by atoms with van der Waals surface area (Å²) in [7, 11) is 3.00. The van der Waals surface area contributed by atoms with Gasteiger partial charge in [-0.05, 0) is 66.2 Å². The Bertz CT molecular complexity index is 1160. The van der Waals surface area contributed by atoms with Gasteiger partial charge in [0.1, 0.15) is 17.2 Å². The van der Waals surface area contributed by atoms with Gasteiger partial charge in [-0.3, -0.25) is 9.59 Å². The lowest BCUT2D eigenvalue weighted by Crippen LogP contribution is -2.32. The van der Waals surface area contributed by atoms with Gasteiger partial charge in [0.15, 0.2) is 0 Å². The van der Waals surface area contributed by atoms with Crippen LogP contribution in [-0.4, -0.2) is 38.2 Å². The molecule has 33 heavy (non-hydrogen) atoms. The highest BCUT2D eigenvalue weighted by Gasteiger charge is 2.15. The van der Waals surface area contributed by atoms with E-state index in [1.807, 2.05) is 0 Å². The zero-order valence-electron chi connectivity index (χ0n) is 17.9. The van der Waals surface area contributed by atoms with E-state index in [0.717, 1.165) is 0 Å². The smallest absolute Gasteiger partial charge is 0.343 e. The number of amides is 2. The molecular formula is C24H21N3O6. The summed E-state index contributed by atoms with van der Waals surface area (Å²) in [6, 6.07) is 19.7. The summed E-state index contributed by atoms with van der Waals surface area (Å²) in [6.45, 7) is 0. The van der Waals surface area contributed by atoms with E-state index in [-0.39, 0.29) is 0 Å². The summed E-state index contributed by atoms with van der Waals surface area (Å²) in [5, 5.41) is 6.22. The summed E-state index contributed by atoms with van der Waals surface area (Å²) in [4.78, 5) is 36.2. The number of hydrogen-bond donors (Lipinski definition) is 2. The Kier molecular flexibility index (Phi) is 7.74. The van der Waals surface area contributed by atoms with Crippen molar-refractivity contribution in [2.24, 2.45) is 5.10 Å². The molecule has 9 heteroatoms. The molecule has 0 aliphatic carbocycles. The van der Waals surface area contributed by atoms with Crippen LogP contribution in [0.2, 0.25) is 0 Å². The maximum Gasteiger partial charge on any atom is 0.343 e. The Hall–Kier alpha value is -4.66. The fraction of sp³-hybridized carbons (Fsp3) is 0.0833. The third-order valence-corrected chi connectivity index (χ3v) is 4.36. The van der Waals surface area contributed by atoms with Gasteiger partial charge >= 0.3 is 17.8 Å². The average molecular weight is 447 g/mol. The van der Waals surface area contributed by atoms with Gasteiger partial charge in [0.25, 0.3) is 0 Å². The van der Waals surface area contributed by atoms with Crippen molar-refractivity contribution in [3.8, 4) is 17.2 Å². The highest BCUT2D eigenvalue weighted by molar-refractivity contribution is 6.39. The molecule has 0 unspecified atom stereocenters. The topological polar surface area (TPSA) is 115 Å². The van der Waals surface area contributed by atoms with Crippen LogP contribution in [0.3, 0.4) is 0 Å². The van der Waals surface area contributed by atoms with Crippen molar-refractivity contribution in [1.82, 2.24) is 5.43 Å². The Morgan fingerprint density at radius 3 is 2.12 bits per heavy atom. The third-order valence-electron chi connectivity index (χ3n) is 4.36. The number of carbonyl (C=O) groups excluding carboxylic acids is 3. The summed E-state index contributed by atoms with van der Waals surface area (Å²) in [6.07, 6.45) is 1.35. The highest BCUT2D eigenvalue weighted by atomic mass is 16.5. The van der Waals surface area contributed by atoms with Gasteiger partial charge in [0, 0.05) is 0 Å². The van der Waals surface area contributed by atoms with Crippen molar-refractivity contribution < 1.29 is 28.6 Å². The Labute approximate surface area is 190 Å². The summed E-state index contributed by atoms with van der Waals surface area (Å²) in [5.74, 6) is -0.935. The molecule has 0 aliphatic rings. The molecule has 0 radical (unpaired) electrons. The van der Waals surface area contributed by atoms with Crippen LogP contribution in [0.4, 0.5) is 5.69 Å². The van der Waals surface area contributed by atoms with Gasteiger partial charge in [-0.15, -0.1) is 0 Å². The molecule has 0 aromatic heterocycles. The number of esters is 1. The van der Waals surface area contributed by atoms with Crippen LogP contribution < -0.4 is 25.0 Å². The number of nitrogens with zero attached hydrogens (tertiary/aromatic N) is 1. The molecule has 3 rings (SSSR count). The number of methoxy groups -OCH3 is 2. The van der Waals surface area contributed by atoms with E-state index >= 15 is 0 Å².